The fourth-order valence-electron chi connectivity index (χ4n) is 3.50. The molecule has 0 N–H and O–H groups in total. The summed E-state index contributed by atoms with van der Waals surface area (Å²) >= 11 is 6.11. The molecule has 2 aliphatic heterocycles. The SMILES string of the molecule is CC1COc2c(ccc(Cl)c2C#N)N1C(=O)N1CCN(c2ncccn2)CC1. The fourth-order valence-corrected chi connectivity index (χ4v) is 3.69. The molecular formula is C19H19ClN6O2. The van der Waals surface area contributed by atoms with Crippen LogP contribution in [0.15, 0.2) is 30.6 Å². The Labute approximate surface area is 167 Å². The van der Waals surface area contributed by atoms with Crippen LogP contribution in [0.4, 0.5) is 16.4 Å². The molecule has 144 valence electrons. The van der Waals surface area contributed by atoms with Crippen molar-refractivity contribution >= 4 is 29.3 Å². The highest BCUT2D eigenvalue weighted by Crippen LogP contribution is 2.40. The summed E-state index contributed by atoms with van der Waals surface area (Å²) in [7, 11) is 0. The van der Waals surface area contributed by atoms with Gasteiger partial charge in [0.1, 0.15) is 18.2 Å². The number of ether oxygens (including phenoxy) is 1. The van der Waals surface area contributed by atoms with E-state index in [0.29, 0.717) is 55.2 Å². The van der Waals surface area contributed by atoms with Crippen LogP contribution in [0.1, 0.15) is 12.5 Å². The van der Waals surface area contributed by atoms with E-state index >= 15 is 0 Å². The first-order valence-corrected chi connectivity index (χ1v) is 9.43. The average Bonchev–Trinajstić information content (AvgIpc) is 2.74. The molecule has 2 amide bonds. The molecule has 0 radical (unpaired) electrons. The Balaban J connectivity index is 1.54. The van der Waals surface area contributed by atoms with E-state index in [-0.39, 0.29) is 17.6 Å². The molecular weight excluding hydrogens is 380 g/mol. The lowest BCUT2D eigenvalue weighted by atomic mass is 10.1. The number of aromatic nitrogens is 2. The molecule has 2 aromatic rings. The molecule has 28 heavy (non-hydrogen) atoms. The highest BCUT2D eigenvalue weighted by Gasteiger charge is 2.35. The monoisotopic (exact) mass is 398 g/mol. The van der Waals surface area contributed by atoms with Gasteiger partial charge in [-0.25, -0.2) is 14.8 Å². The van der Waals surface area contributed by atoms with Crippen molar-refractivity contribution in [2.45, 2.75) is 13.0 Å². The highest BCUT2D eigenvalue weighted by atomic mass is 35.5. The molecule has 4 rings (SSSR count). The lowest BCUT2D eigenvalue weighted by Crippen LogP contribution is -2.56. The summed E-state index contributed by atoms with van der Waals surface area (Å²) in [5.41, 5.74) is 0.841. The van der Waals surface area contributed by atoms with E-state index in [2.05, 4.69) is 20.9 Å². The number of fused-ring (bicyclic) bond motifs is 1. The minimum Gasteiger partial charge on any atom is -0.488 e. The number of carbonyl (C=O) groups is 1. The first-order valence-electron chi connectivity index (χ1n) is 9.05. The largest absolute Gasteiger partial charge is 0.488 e. The van der Waals surface area contributed by atoms with E-state index < -0.39 is 0 Å². The molecule has 1 fully saturated rings. The van der Waals surface area contributed by atoms with E-state index in [1.807, 2.05) is 11.8 Å². The third-order valence-electron chi connectivity index (χ3n) is 4.96. The van der Waals surface area contributed by atoms with Crippen LogP contribution in [0, 0.1) is 11.3 Å². The van der Waals surface area contributed by atoms with Crippen molar-refractivity contribution in [3.63, 3.8) is 0 Å². The number of piperazine rings is 1. The van der Waals surface area contributed by atoms with Gasteiger partial charge >= 0.3 is 6.03 Å². The fraction of sp³-hybridized carbons (Fsp3) is 0.368. The predicted molar refractivity (Wildman–Crippen MR) is 105 cm³/mol. The highest BCUT2D eigenvalue weighted by molar-refractivity contribution is 6.32. The number of hydrogen-bond acceptors (Lipinski definition) is 6. The quantitative estimate of drug-likeness (QED) is 0.733. The van der Waals surface area contributed by atoms with Crippen molar-refractivity contribution < 1.29 is 9.53 Å². The molecule has 9 heteroatoms. The zero-order valence-corrected chi connectivity index (χ0v) is 16.1. The third-order valence-corrected chi connectivity index (χ3v) is 5.27. The number of nitrogens with zero attached hydrogens (tertiary/aromatic N) is 6. The Morgan fingerprint density at radius 3 is 2.64 bits per heavy atom. The van der Waals surface area contributed by atoms with Crippen molar-refractivity contribution in [2.75, 3.05) is 42.6 Å². The number of nitriles is 1. The van der Waals surface area contributed by atoms with Crippen molar-refractivity contribution in [3.05, 3.63) is 41.2 Å². The Morgan fingerprint density at radius 1 is 1.25 bits per heavy atom. The molecule has 0 bridgehead atoms. The smallest absolute Gasteiger partial charge is 0.325 e. The summed E-state index contributed by atoms with van der Waals surface area (Å²) in [4.78, 5) is 27.4. The van der Waals surface area contributed by atoms with Crippen LogP contribution in [0.5, 0.6) is 5.75 Å². The van der Waals surface area contributed by atoms with E-state index in [1.54, 1.807) is 35.5 Å². The van der Waals surface area contributed by atoms with Crippen molar-refractivity contribution in [1.82, 2.24) is 14.9 Å². The van der Waals surface area contributed by atoms with E-state index in [0.717, 1.165) is 0 Å². The zero-order valence-electron chi connectivity index (χ0n) is 15.4. The number of halogens is 1. The minimum atomic E-state index is -0.150. The van der Waals surface area contributed by atoms with Gasteiger partial charge in [-0.2, -0.15) is 5.26 Å². The molecule has 1 saturated heterocycles. The summed E-state index contributed by atoms with van der Waals surface area (Å²) in [6.07, 6.45) is 3.42. The second kappa shape index (κ2) is 7.52. The third kappa shape index (κ3) is 3.18. The van der Waals surface area contributed by atoms with Gasteiger partial charge in [0.05, 0.1) is 16.8 Å². The van der Waals surface area contributed by atoms with Crippen LogP contribution in [-0.2, 0) is 0 Å². The van der Waals surface area contributed by atoms with Crippen LogP contribution in [0.2, 0.25) is 5.02 Å². The van der Waals surface area contributed by atoms with Gasteiger partial charge < -0.3 is 14.5 Å². The van der Waals surface area contributed by atoms with Gasteiger partial charge in [0, 0.05) is 38.6 Å². The maximum Gasteiger partial charge on any atom is 0.325 e. The predicted octanol–water partition coefficient (Wildman–Crippen LogP) is 2.53. The molecule has 8 nitrogen and oxygen atoms in total. The van der Waals surface area contributed by atoms with Gasteiger partial charge in [0.15, 0.2) is 5.75 Å². The van der Waals surface area contributed by atoms with Gasteiger partial charge in [-0.3, -0.25) is 4.90 Å². The van der Waals surface area contributed by atoms with E-state index in [9.17, 15) is 10.1 Å². The number of anilines is 2. The van der Waals surface area contributed by atoms with Crippen LogP contribution >= 0.6 is 11.6 Å². The van der Waals surface area contributed by atoms with Gasteiger partial charge in [-0.05, 0) is 25.1 Å². The normalized spacial score (nSPS) is 18.9. The standard InChI is InChI=1S/C19H19ClN6O2/c1-13-12-28-17-14(11-21)15(20)3-4-16(17)26(13)19(27)25-9-7-24(8-10-25)18-22-5-2-6-23-18/h2-6,13H,7-10,12H2,1H3. The number of urea groups is 1. The summed E-state index contributed by atoms with van der Waals surface area (Å²) in [6, 6.07) is 6.97. The van der Waals surface area contributed by atoms with Crippen LogP contribution in [-0.4, -0.2) is 59.7 Å². The maximum absolute atomic E-state index is 13.3. The molecule has 0 spiro atoms. The number of amides is 2. The van der Waals surface area contributed by atoms with Gasteiger partial charge in [-0.1, -0.05) is 11.6 Å². The number of hydrogen-bond donors (Lipinski definition) is 0. The second-order valence-electron chi connectivity index (χ2n) is 6.72. The molecule has 2 aliphatic rings. The van der Waals surface area contributed by atoms with Crippen molar-refractivity contribution in [1.29, 1.82) is 5.26 Å². The van der Waals surface area contributed by atoms with Gasteiger partial charge in [-0.15, -0.1) is 0 Å². The molecule has 1 atom stereocenters. The number of rotatable bonds is 1. The number of benzene rings is 1. The number of carbonyl (C=O) groups excluding carboxylic acids is 1. The summed E-state index contributed by atoms with van der Waals surface area (Å²) in [5, 5.41) is 9.72. The molecule has 0 saturated carbocycles. The Hall–Kier alpha value is -3.05. The van der Waals surface area contributed by atoms with Gasteiger partial charge in [0.25, 0.3) is 0 Å². The van der Waals surface area contributed by atoms with Crippen molar-refractivity contribution in [3.8, 4) is 11.8 Å². The van der Waals surface area contributed by atoms with Crippen LogP contribution in [0.25, 0.3) is 0 Å². The first-order chi connectivity index (χ1) is 13.6. The Kier molecular flexibility index (Phi) is 4.92. The van der Waals surface area contributed by atoms with Crippen LogP contribution < -0.4 is 14.5 Å². The van der Waals surface area contributed by atoms with Gasteiger partial charge in [0.2, 0.25) is 5.95 Å². The molecule has 1 unspecified atom stereocenters. The first kappa shape index (κ1) is 18.3. The Bertz CT molecular complexity index is 924. The maximum atomic E-state index is 13.3. The topological polar surface area (TPSA) is 85.6 Å². The zero-order chi connectivity index (χ0) is 19.7. The summed E-state index contributed by atoms with van der Waals surface area (Å²) in [5.74, 6) is 1.05. The Morgan fingerprint density at radius 2 is 1.96 bits per heavy atom. The summed E-state index contributed by atoms with van der Waals surface area (Å²) in [6.45, 7) is 4.68. The summed E-state index contributed by atoms with van der Waals surface area (Å²) < 4.78 is 5.74. The van der Waals surface area contributed by atoms with Crippen LogP contribution in [0.3, 0.4) is 0 Å². The molecule has 0 aliphatic carbocycles. The average molecular weight is 399 g/mol. The van der Waals surface area contributed by atoms with E-state index in [1.165, 1.54) is 0 Å². The lowest BCUT2D eigenvalue weighted by Gasteiger charge is -2.41. The molecule has 1 aromatic carbocycles. The van der Waals surface area contributed by atoms with E-state index in [4.69, 9.17) is 16.3 Å². The molecule has 1 aromatic heterocycles. The lowest BCUT2D eigenvalue weighted by molar-refractivity contribution is 0.190. The van der Waals surface area contributed by atoms with Crippen molar-refractivity contribution in [2.24, 2.45) is 0 Å². The second-order valence-corrected chi connectivity index (χ2v) is 7.13. The molecule has 3 heterocycles. The minimum absolute atomic E-state index is 0.100.